The molecule has 0 aliphatic rings. The van der Waals surface area contributed by atoms with Gasteiger partial charge in [-0.15, -0.1) is 0 Å². The van der Waals surface area contributed by atoms with E-state index in [0.29, 0.717) is 10.8 Å². The molecular weight excluding hydrogens is 512 g/mol. The molecule has 2 aromatic rings. The van der Waals surface area contributed by atoms with Crippen LogP contribution in [0.15, 0.2) is 12.1 Å². The van der Waals surface area contributed by atoms with Crippen LogP contribution in [-0.2, 0) is 44.9 Å². The molecule has 0 saturated heterocycles. The van der Waals surface area contributed by atoms with Gasteiger partial charge in [0.25, 0.3) is 0 Å². The van der Waals surface area contributed by atoms with Gasteiger partial charge in [-0.3, -0.25) is 0 Å². The quantitative estimate of drug-likeness (QED) is 0.522. The Kier molecular flexibility index (Phi) is 10.2. The molecule has 0 spiro atoms. The third-order valence-corrected chi connectivity index (χ3v) is 14.4. The molecule has 0 amide bonds. The molecule has 2 aromatic heterocycles. The van der Waals surface area contributed by atoms with E-state index in [1.807, 2.05) is 0 Å². The normalized spacial score (nSPS) is 13.4. The van der Waals surface area contributed by atoms with Crippen molar-refractivity contribution >= 4 is 22.9 Å². The molecule has 0 fully saturated rings. The van der Waals surface area contributed by atoms with Crippen LogP contribution in [0.4, 0.5) is 0 Å². The Labute approximate surface area is 207 Å². The van der Waals surface area contributed by atoms with Crippen LogP contribution in [0.3, 0.4) is 0 Å². The second kappa shape index (κ2) is 9.88. The van der Waals surface area contributed by atoms with Crippen LogP contribution in [0.2, 0.25) is 0 Å². The maximum absolute atomic E-state index is 2.63. The molecule has 2 unspecified atom stereocenters. The molecule has 2 rings (SSSR count). The van der Waals surface area contributed by atoms with E-state index in [1.54, 1.807) is 27.7 Å². The third kappa shape index (κ3) is 7.54. The Morgan fingerprint density at radius 1 is 0.517 bits per heavy atom. The Hall–Kier alpha value is 1.02. The van der Waals surface area contributed by atoms with Gasteiger partial charge in [0.1, 0.15) is 0 Å². The van der Waals surface area contributed by atoms with Gasteiger partial charge in [-0.05, 0) is 0 Å². The molecule has 0 bridgehead atoms. The van der Waals surface area contributed by atoms with Gasteiger partial charge in [-0.25, -0.2) is 0 Å². The summed E-state index contributed by atoms with van der Waals surface area (Å²) in [5, 5.41) is 6.84. The van der Waals surface area contributed by atoms with Crippen LogP contribution in [0.25, 0.3) is 0 Å². The summed E-state index contributed by atoms with van der Waals surface area (Å²) in [4.78, 5) is 0. The van der Waals surface area contributed by atoms with Gasteiger partial charge in [-0.1, -0.05) is 0 Å². The van der Waals surface area contributed by atoms with E-state index in [9.17, 15) is 0 Å². The molecule has 2 atom stereocenters. The molecular formula is C24H40Cl2P2Zr. The van der Waals surface area contributed by atoms with Crippen LogP contribution in [0.5, 0.6) is 0 Å². The smallest absolute Gasteiger partial charge is 1.00 e. The SMILES string of the molecule is CC(C)(C)c1c[c]([Zr+2][c]2cc(C(C)(C)C)[pH]c2C(C)(C)C)c(C(C)(C)C)[pH]1.[Cl-].[Cl-]. The summed E-state index contributed by atoms with van der Waals surface area (Å²) in [7, 11) is 1.80. The molecule has 29 heavy (non-hydrogen) atoms. The fraction of sp³-hybridized carbons (Fsp3) is 0.667. The van der Waals surface area contributed by atoms with Crippen molar-refractivity contribution in [3.05, 3.63) is 33.3 Å². The van der Waals surface area contributed by atoms with E-state index in [1.165, 1.54) is 0 Å². The Morgan fingerprint density at radius 3 is 1.00 bits per heavy atom. The molecule has 0 saturated carbocycles. The van der Waals surface area contributed by atoms with Crippen molar-refractivity contribution in [2.75, 3.05) is 0 Å². The molecule has 0 aromatic carbocycles. The van der Waals surface area contributed by atoms with Crippen LogP contribution in [0, 0.1) is 0 Å². The van der Waals surface area contributed by atoms with E-state index in [-0.39, 0.29) is 35.6 Å². The zero-order valence-corrected chi connectivity index (χ0v) is 26.4. The maximum atomic E-state index is 2.63. The molecule has 0 nitrogen and oxygen atoms in total. The van der Waals surface area contributed by atoms with Crippen molar-refractivity contribution in [3.63, 3.8) is 0 Å². The topological polar surface area (TPSA) is 0 Å². The summed E-state index contributed by atoms with van der Waals surface area (Å²) < 4.78 is 3.53. The Bertz CT molecular complexity index is 736. The van der Waals surface area contributed by atoms with Crippen molar-refractivity contribution < 1.29 is 48.0 Å². The number of hydrogen-bond acceptors (Lipinski definition) is 0. The summed E-state index contributed by atoms with van der Waals surface area (Å²) in [6.45, 7) is 28.8. The van der Waals surface area contributed by atoms with Gasteiger partial charge in [-0.2, -0.15) is 0 Å². The van der Waals surface area contributed by atoms with Crippen LogP contribution < -0.4 is 31.4 Å². The summed E-state index contributed by atoms with van der Waals surface area (Å²) in [6.07, 6.45) is 0. The third-order valence-electron chi connectivity index (χ3n) is 5.02. The standard InChI is InChI=1S/2C12H20P.2ClH.Zr/c2*1-11(2,3)9-7-8-10(13-9)12(4,5)6;;;/h2*7,13H,1-6H3;2*1H;/q;;;;+2/p-2. The molecule has 164 valence electrons. The summed E-state index contributed by atoms with van der Waals surface area (Å²) in [6, 6.07) is 5.26. The fourth-order valence-electron chi connectivity index (χ4n) is 3.24. The Morgan fingerprint density at radius 2 is 0.793 bits per heavy atom. The van der Waals surface area contributed by atoms with Crippen LogP contribution in [-0.4, -0.2) is 0 Å². The first-order valence-corrected chi connectivity index (χ1v) is 14.6. The molecule has 0 radical (unpaired) electrons. The minimum absolute atomic E-state index is 0. The van der Waals surface area contributed by atoms with Crippen molar-refractivity contribution in [2.45, 2.75) is 105 Å². The molecule has 5 heteroatoms. The van der Waals surface area contributed by atoms with E-state index in [4.69, 9.17) is 0 Å². The molecule has 0 aliphatic carbocycles. The second-order valence-corrected chi connectivity index (χ2v) is 17.9. The zero-order chi connectivity index (χ0) is 21.0. The first kappa shape index (κ1) is 30.0. The average molecular weight is 553 g/mol. The largest absolute Gasteiger partial charge is 1.00 e. The van der Waals surface area contributed by atoms with Crippen molar-refractivity contribution in [3.8, 4) is 0 Å². The maximum Gasteiger partial charge on any atom is -1.00 e. The monoisotopic (exact) mass is 550 g/mol. The number of hydrogen-bond donors (Lipinski definition) is 0. The Balaban J connectivity index is 0.00000392. The first-order valence-electron chi connectivity index (χ1n) is 10.2. The predicted molar refractivity (Wildman–Crippen MR) is 126 cm³/mol. The predicted octanol–water partition coefficient (Wildman–Crippen LogP) is 0.981. The summed E-state index contributed by atoms with van der Waals surface area (Å²) in [5.41, 5.74) is 1.17. The summed E-state index contributed by atoms with van der Waals surface area (Å²) in [5.74, 6) is 0. The summed E-state index contributed by atoms with van der Waals surface area (Å²) >= 11 is -0.799. The van der Waals surface area contributed by atoms with Gasteiger partial charge < -0.3 is 24.8 Å². The van der Waals surface area contributed by atoms with Gasteiger partial charge in [0.05, 0.1) is 0 Å². The number of rotatable bonds is 2. The molecule has 2 heterocycles. The molecule has 0 aliphatic heterocycles. The minimum Gasteiger partial charge on any atom is -1.00 e. The van der Waals surface area contributed by atoms with Crippen molar-refractivity contribution in [1.29, 1.82) is 0 Å². The van der Waals surface area contributed by atoms with Gasteiger partial charge in [0, 0.05) is 0 Å². The fourth-order valence-corrected chi connectivity index (χ4v) is 12.7. The zero-order valence-electron chi connectivity index (χ0n) is 20.4. The van der Waals surface area contributed by atoms with E-state index >= 15 is 0 Å². The van der Waals surface area contributed by atoms with Crippen LogP contribution in [0.1, 0.15) is 104 Å². The van der Waals surface area contributed by atoms with Crippen LogP contribution >= 0.6 is 16.4 Å². The molecule has 0 N–H and O–H groups in total. The van der Waals surface area contributed by atoms with E-state index in [0.717, 1.165) is 16.4 Å². The van der Waals surface area contributed by atoms with Gasteiger partial charge >= 0.3 is 184 Å². The van der Waals surface area contributed by atoms with Gasteiger partial charge in [0.2, 0.25) is 0 Å². The average Bonchev–Trinajstić information content (AvgIpc) is 3.00. The second-order valence-electron chi connectivity index (χ2n) is 12.1. The van der Waals surface area contributed by atoms with E-state index < -0.39 is 23.2 Å². The van der Waals surface area contributed by atoms with Crippen molar-refractivity contribution in [2.24, 2.45) is 0 Å². The first-order chi connectivity index (χ1) is 11.9. The van der Waals surface area contributed by atoms with Gasteiger partial charge in [0.15, 0.2) is 0 Å². The van der Waals surface area contributed by atoms with Crippen molar-refractivity contribution in [1.82, 2.24) is 0 Å². The minimum atomic E-state index is -0.799. The van der Waals surface area contributed by atoms with E-state index in [2.05, 4.69) is 95.2 Å². The number of halogens is 2.